The lowest BCUT2D eigenvalue weighted by atomic mass is 9.66. The number of hydrogen-bond acceptors (Lipinski definition) is 5. The molecule has 8 heteroatoms. The van der Waals surface area contributed by atoms with Gasteiger partial charge in [-0.15, -0.1) is 11.8 Å². The van der Waals surface area contributed by atoms with Crippen LogP contribution >= 0.6 is 11.8 Å². The Balaban J connectivity index is 1.46. The molecule has 1 spiro atoms. The molecular weight excluding hydrogens is 510 g/mol. The number of rotatable bonds is 10. The van der Waals surface area contributed by atoms with Gasteiger partial charge in [0.05, 0.1) is 16.6 Å². The number of carbonyl (C=O) groups excluding carboxylic acids is 3. The van der Waals surface area contributed by atoms with Gasteiger partial charge in [-0.3, -0.25) is 14.4 Å². The highest BCUT2D eigenvalue weighted by Gasteiger charge is 2.77. The van der Waals surface area contributed by atoms with Crippen molar-refractivity contribution in [1.82, 2.24) is 4.90 Å². The molecule has 0 aromatic heterocycles. The van der Waals surface area contributed by atoms with E-state index in [9.17, 15) is 14.4 Å². The van der Waals surface area contributed by atoms with Gasteiger partial charge in [0, 0.05) is 29.3 Å². The van der Waals surface area contributed by atoms with Gasteiger partial charge in [-0.2, -0.15) is 0 Å². The lowest BCUT2D eigenvalue weighted by Gasteiger charge is -2.35. The molecule has 3 aliphatic heterocycles. The Bertz CT molecular complexity index is 1250. The van der Waals surface area contributed by atoms with E-state index in [1.165, 1.54) is 0 Å². The Morgan fingerprint density at radius 2 is 1.74 bits per heavy atom. The summed E-state index contributed by atoms with van der Waals surface area (Å²) in [5, 5.41) is 15.4. The molecular formula is C31H39N3O4S. The molecule has 39 heavy (non-hydrogen) atoms. The van der Waals surface area contributed by atoms with Gasteiger partial charge in [0.15, 0.2) is 0 Å². The molecule has 3 heterocycles. The maximum atomic E-state index is 14.2. The number of amides is 3. The first kappa shape index (κ1) is 27.7. The lowest BCUT2D eigenvalue weighted by molar-refractivity contribution is -0.139. The van der Waals surface area contributed by atoms with Gasteiger partial charge < -0.3 is 20.6 Å². The van der Waals surface area contributed by atoms with Crippen LogP contribution in [0.15, 0.2) is 48.5 Å². The van der Waals surface area contributed by atoms with Gasteiger partial charge in [-0.1, -0.05) is 43.2 Å². The zero-order chi connectivity index (χ0) is 27.8. The normalized spacial score (nSPS) is 29.0. The van der Waals surface area contributed by atoms with Crippen LogP contribution in [0.25, 0.3) is 0 Å². The molecule has 7 nitrogen and oxygen atoms in total. The van der Waals surface area contributed by atoms with E-state index in [4.69, 9.17) is 5.11 Å². The van der Waals surface area contributed by atoms with Crippen molar-refractivity contribution in [3.05, 3.63) is 59.7 Å². The second-order valence-corrected chi connectivity index (χ2v) is 13.5. The Hall–Kier alpha value is -2.84. The van der Waals surface area contributed by atoms with Gasteiger partial charge in [-0.05, 0) is 75.8 Å². The highest BCUT2D eigenvalue weighted by molar-refractivity contribution is 8.02. The van der Waals surface area contributed by atoms with E-state index in [1.54, 1.807) is 16.7 Å². The van der Waals surface area contributed by atoms with Gasteiger partial charge in [0.2, 0.25) is 17.7 Å². The standard InChI is InChI=1S/C31H39N3O4S/c1-20-13-14-21(2)23(19-20)33-28(37)26-31-16-15-30(3,39-31)24(27(36)32-22-11-7-6-8-12-22)25(31)29(38)34(26)17-9-4-5-10-18-35/h6-8,11-14,19,24-26,35H,4-5,9-10,15-18H2,1-3H3,(H,32,36)(H,33,37)/t24-,25+,26?,30+,31?/m1/s1. The number of aryl methyl sites for hydroxylation is 2. The van der Waals surface area contributed by atoms with Crippen LogP contribution in [0.4, 0.5) is 11.4 Å². The predicted molar refractivity (Wildman–Crippen MR) is 156 cm³/mol. The minimum Gasteiger partial charge on any atom is -0.396 e. The van der Waals surface area contributed by atoms with Gasteiger partial charge >= 0.3 is 0 Å². The number of para-hydroxylation sites is 1. The predicted octanol–water partition coefficient (Wildman–Crippen LogP) is 4.91. The van der Waals surface area contributed by atoms with E-state index < -0.39 is 27.4 Å². The fourth-order valence-electron chi connectivity index (χ4n) is 6.93. The van der Waals surface area contributed by atoms with Crippen LogP contribution in [-0.4, -0.2) is 56.4 Å². The van der Waals surface area contributed by atoms with Crippen molar-refractivity contribution in [2.24, 2.45) is 11.8 Å². The number of carbonyl (C=O) groups is 3. The van der Waals surface area contributed by atoms with Gasteiger partial charge in [-0.25, -0.2) is 0 Å². The van der Waals surface area contributed by atoms with Crippen molar-refractivity contribution < 1.29 is 19.5 Å². The third kappa shape index (κ3) is 4.97. The maximum Gasteiger partial charge on any atom is 0.248 e. The zero-order valence-electron chi connectivity index (χ0n) is 23.0. The first-order valence-corrected chi connectivity index (χ1v) is 14.9. The van der Waals surface area contributed by atoms with Crippen LogP contribution in [0.5, 0.6) is 0 Å². The Morgan fingerprint density at radius 3 is 2.49 bits per heavy atom. The van der Waals surface area contributed by atoms with E-state index >= 15 is 0 Å². The Kier molecular flexibility index (Phi) is 7.80. The summed E-state index contributed by atoms with van der Waals surface area (Å²) in [7, 11) is 0. The zero-order valence-corrected chi connectivity index (χ0v) is 23.9. The minimum absolute atomic E-state index is 0.0811. The minimum atomic E-state index is -0.644. The number of aliphatic hydroxyl groups is 1. The van der Waals surface area contributed by atoms with Crippen LogP contribution in [0.2, 0.25) is 0 Å². The van der Waals surface area contributed by atoms with Crippen LogP contribution < -0.4 is 10.6 Å². The molecule has 2 aromatic rings. The molecule has 3 aliphatic rings. The molecule has 5 rings (SSSR count). The molecule has 3 N–H and O–H groups in total. The summed E-state index contributed by atoms with van der Waals surface area (Å²) < 4.78 is -1.05. The third-order valence-electron chi connectivity index (χ3n) is 8.81. The second kappa shape index (κ2) is 11.0. The van der Waals surface area contributed by atoms with Crippen molar-refractivity contribution in [1.29, 1.82) is 0 Å². The van der Waals surface area contributed by atoms with Crippen molar-refractivity contribution in [3.63, 3.8) is 0 Å². The third-order valence-corrected chi connectivity index (χ3v) is 10.8. The molecule has 3 saturated heterocycles. The van der Waals surface area contributed by atoms with E-state index in [-0.39, 0.29) is 24.3 Å². The number of benzene rings is 2. The average molecular weight is 550 g/mol. The molecule has 0 aliphatic carbocycles. The SMILES string of the molecule is Cc1ccc(C)c(NC(=O)C2N(CCCCCCO)C(=O)[C@@H]3[C@H](C(=O)Nc4ccccc4)[C@]4(C)CCC23S4)c1. The molecule has 208 valence electrons. The molecule has 0 saturated carbocycles. The quantitative estimate of drug-likeness (QED) is 0.366. The monoisotopic (exact) mass is 549 g/mol. The largest absolute Gasteiger partial charge is 0.396 e. The van der Waals surface area contributed by atoms with Gasteiger partial charge in [0.1, 0.15) is 6.04 Å². The smallest absolute Gasteiger partial charge is 0.248 e. The fraction of sp³-hybridized carbons (Fsp3) is 0.516. The highest BCUT2D eigenvalue weighted by Crippen LogP contribution is 2.71. The Labute approximate surface area is 235 Å². The number of unbranched alkanes of at least 4 members (excludes halogenated alkanes) is 3. The number of fused-ring (bicyclic) bond motifs is 1. The highest BCUT2D eigenvalue weighted by atomic mass is 32.2. The summed E-state index contributed by atoms with van der Waals surface area (Å²) >= 11 is 1.69. The summed E-state index contributed by atoms with van der Waals surface area (Å²) in [6, 6.07) is 14.7. The molecule has 3 amide bonds. The maximum absolute atomic E-state index is 14.2. The number of aliphatic hydroxyl groups excluding tert-OH is 1. The number of thioether (sulfide) groups is 1. The number of anilines is 2. The van der Waals surface area contributed by atoms with Crippen molar-refractivity contribution in [2.75, 3.05) is 23.8 Å². The first-order chi connectivity index (χ1) is 18.7. The number of nitrogens with zero attached hydrogens (tertiary/aromatic N) is 1. The fourth-order valence-corrected chi connectivity index (χ4v) is 9.28. The summed E-state index contributed by atoms with van der Waals surface area (Å²) in [6.07, 6.45) is 4.74. The van der Waals surface area contributed by atoms with E-state index in [2.05, 4.69) is 17.6 Å². The van der Waals surface area contributed by atoms with Crippen LogP contribution in [-0.2, 0) is 14.4 Å². The number of hydrogen-bond donors (Lipinski definition) is 3. The van der Waals surface area contributed by atoms with Crippen molar-refractivity contribution >= 4 is 40.9 Å². The second-order valence-electron chi connectivity index (χ2n) is 11.6. The molecule has 3 fully saturated rings. The topological polar surface area (TPSA) is 98.7 Å². The summed E-state index contributed by atoms with van der Waals surface area (Å²) in [6.45, 7) is 6.68. The lowest BCUT2D eigenvalue weighted by Crippen LogP contribution is -2.52. The summed E-state index contributed by atoms with van der Waals surface area (Å²) in [5.74, 6) is -1.45. The average Bonchev–Trinajstić information content (AvgIpc) is 3.47. The molecule has 2 aromatic carbocycles. The first-order valence-electron chi connectivity index (χ1n) is 14.1. The number of likely N-dealkylation sites (tertiary alicyclic amines) is 1. The number of nitrogens with one attached hydrogen (secondary N) is 2. The molecule has 2 unspecified atom stereocenters. The summed E-state index contributed by atoms with van der Waals surface area (Å²) in [4.78, 5) is 43.8. The molecule has 0 radical (unpaired) electrons. The van der Waals surface area contributed by atoms with E-state index in [0.717, 1.165) is 55.3 Å². The molecule has 2 bridgehead atoms. The molecule has 5 atom stereocenters. The van der Waals surface area contributed by atoms with Crippen molar-refractivity contribution in [2.45, 2.75) is 74.8 Å². The summed E-state index contributed by atoms with van der Waals surface area (Å²) in [5.41, 5.74) is 3.50. The van der Waals surface area contributed by atoms with Crippen molar-refractivity contribution in [3.8, 4) is 0 Å². The van der Waals surface area contributed by atoms with Crippen LogP contribution in [0.1, 0.15) is 56.6 Å². The van der Waals surface area contributed by atoms with Crippen LogP contribution in [0, 0.1) is 25.7 Å². The van der Waals surface area contributed by atoms with E-state index in [0.29, 0.717) is 12.2 Å². The Morgan fingerprint density at radius 1 is 1.00 bits per heavy atom. The van der Waals surface area contributed by atoms with Gasteiger partial charge in [0.25, 0.3) is 0 Å². The van der Waals surface area contributed by atoms with Crippen LogP contribution in [0.3, 0.4) is 0 Å². The van der Waals surface area contributed by atoms with E-state index in [1.807, 2.05) is 62.4 Å².